The van der Waals surface area contributed by atoms with Gasteiger partial charge in [-0.1, -0.05) is 45.0 Å². The Hall–Kier alpha value is -6.40. The van der Waals surface area contributed by atoms with E-state index in [1.807, 2.05) is 32.6 Å². The van der Waals surface area contributed by atoms with Gasteiger partial charge in [0.15, 0.2) is 0 Å². The summed E-state index contributed by atoms with van der Waals surface area (Å²) in [4.78, 5) is 68.4. The van der Waals surface area contributed by atoms with E-state index >= 15 is 4.39 Å². The number of pyridine rings is 1. The van der Waals surface area contributed by atoms with Crippen molar-refractivity contribution in [2.45, 2.75) is 58.6 Å². The third kappa shape index (κ3) is 9.72. The molecule has 4 atom stereocenters. The lowest BCUT2D eigenvalue weighted by Crippen LogP contribution is -2.55. The molecule has 2 aromatic heterocycles. The molecule has 19 heteroatoms. The van der Waals surface area contributed by atoms with E-state index in [0.717, 1.165) is 12.1 Å². The molecule has 4 heterocycles. The minimum atomic E-state index is -5.14. The summed E-state index contributed by atoms with van der Waals surface area (Å²) < 4.78 is 65.7. The number of urea groups is 1. The first kappa shape index (κ1) is 43.2. The molecule has 2 aromatic carbocycles. The zero-order chi connectivity index (χ0) is 43.5. The number of imidazole rings is 1. The number of aromatic amines is 1. The number of nitrogens with zero attached hydrogens (tertiary/aromatic N) is 5. The van der Waals surface area contributed by atoms with Gasteiger partial charge in [0, 0.05) is 57.1 Å². The summed E-state index contributed by atoms with van der Waals surface area (Å²) in [6.07, 6.45) is -2.37. The summed E-state index contributed by atoms with van der Waals surface area (Å²) in [5.74, 6) is -1.82. The van der Waals surface area contributed by atoms with Crippen LogP contribution in [0.15, 0.2) is 60.9 Å². The fourth-order valence-corrected chi connectivity index (χ4v) is 7.52. The average molecular weight is 838 g/mol. The first-order valence-electron chi connectivity index (χ1n) is 19.4. The van der Waals surface area contributed by atoms with E-state index in [1.165, 1.54) is 31.5 Å². The van der Waals surface area contributed by atoms with Crippen molar-refractivity contribution in [1.29, 1.82) is 0 Å². The van der Waals surface area contributed by atoms with Crippen LogP contribution in [0, 0.1) is 17.7 Å². The predicted molar refractivity (Wildman–Crippen MR) is 214 cm³/mol. The van der Waals surface area contributed by atoms with Crippen LogP contribution in [-0.4, -0.2) is 107 Å². The van der Waals surface area contributed by atoms with Crippen molar-refractivity contribution in [1.82, 2.24) is 35.4 Å². The number of hydrogen-bond acceptors (Lipinski definition) is 9. The van der Waals surface area contributed by atoms with E-state index < -0.39 is 47.7 Å². The number of hydrogen-bond donors (Lipinski definition) is 4. The molecule has 4 aromatic rings. The number of halogens is 4. The molecule has 0 spiro atoms. The Morgan fingerprint density at radius 1 is 0.950 bits per heavy atom. The van der Waals surface area contributed by atoms with Gasteiger partial charge in [-0.25, -0.2) is 23.9 Å². The van der Waals surface area contributed by atoms with Crippen LogP contribution in [0.2, 0.25) is 0 Å². The molecule has 2 saturated heterocycles. The molecule has 4 N–H and O–H groups in total. The first-order valence-corrected chi connectivity index (χ1v) is 19.4. The SMILES string of the molecule is CNC(=O)N1CCN(c2ccc(C(=O)Nc3cc(OC(F)(F)F)c(-c4ccc(-c5cnc([C@@H]6C[C@H](C)CN6C(=O)[C@@H](NC(=O)OC)C(C)C)[nH]5)cc4)cc3F)cn2)[C@H](C)C1. The number of carbonyl (C=O) groups excluding carboxylic acids is 4. The smallest absolute Gasteiger partial charge is 0.453 e. The number of amides is 5. The van der Waals surface area contributed by atoms with E-state index in [9.17, 15) is 32.3 Å². The van der Waals surface area contributed by atoms with E-state index in [4.69, 9.17) is 4.74 Å². The maximum absolute atomic E-state index is 15.6. The van der Waals surface area contributed by atoms with E-state index in [1.54, 1.807) is 41.2 Å². The third-order valence-corrected chi connectivity index (χ3v) is 10.6. The van der Waals surface area contributed by atoms with Gasteiger partial charge in [-0.05, 0) is 54.5 Å². The Bertz CT molecular complexity index is 2200. The molecule has 2 aliphatic rings. The largest absolute Gasteiger partial charge is 0.573 e. The van der Waals surface area contributed by atoms with Gasteiger partial charge in [-0.2, -0.15) is 0 Å². The van der Waals surface area contributed by atoms with Crippen molar-refractivity contribution in [3.63, 3.8) is 0 Å². The summed E-state index contributed by atoms with van der Waals surface area (Å²) in [7, 11) is 2.78. The molecule has 5 amide bonds. The predicted octanol–water partition coefficient (Wildman–Crippen LogP) is 6.57. The second-order valence-corrected chi connectivity index (χ2v) is 15.2. The highest BCUT2D eigenvalue weighted by molar-refractivity contribution is 6.04. The van der Waals surface area contributed by atoms with Crippen LogP contribution in [0.4, 0.5) is 38.7 Å². The monoisotopic (exact) mass is 837 g/mol. The lowest BCUT2D eigenvalue weighted by Gasteiger charge is -2.40. The number of H-pyrrole nitrogens is 1. The molecule has 15 nitrogen and oxygen atoms in total. The zero-order valence-corrected chi connectivity index (χ0v) is 33.9. The van der Waals surface area contributed by atoms with Gasteiger partial charge in [0.05, 0.1) is 36.3 Å². The van der Waals surface area contributed by atoms with Crippen molar-refractivity contribution in [2.24, 2.45) is 11.8 Å². The molecule has 0 unspecified atom stereocenters. The number of nitrogens with one attached hydrogen (secondary N) is 4. The van der Waals surface area contributed by atoms with Gasteiger partial charge in [-0.3, -0.25) is 9.59 Å². The molecule has 0 saturated carbocycles. The lowest BCUT2D eigenvalue weighted by molar-refractivity contribution is -0.274. The van der Waals surface area contributed by atoms with Crippen LogP contribution in [0.5, 0.6) is 5.75 Å². The standard InChI is InChI=1S/C41H47F4N9O6/c1-22(2)35(51-40(58)59-6)38(56)54-20-23(3)15-32(54)36-48-19-31(49-36)26-9-7-25(8-10-26)28-16-29(42)30(17-33(28)60-41(43,44)45)50-37(55)27-11-12-34(47-18-27)53-14-13-52(21-24(53)4)39(57)46-5/h7-12,16-19,22-24,32,35H,13-15,20-21H2,1-6H3,(H,46,57)(H,48,49)(H,50,55)(H,51,58)/t23-,24+,32-,35-/m0/s1. The Kier molecular flexibility index (Phi) is 12.8. The molecular formula is C41H47F4N9O6. The van der Waals surface area contributed by atoms with Crippen LogP contribution in [-0.2, 0) is 9.53 Å². The van der Waals surface area contributed by atoms with Gasteiger partial charge < -0.3 is 45.1 Å². The number of likely N-dealkylation sites (tertiary alicyclic amines) is 1. The number of ether oxygens (including phenoxy) is 2. The van der Waals surface area contributed by atoms with Gasteiger partial charge in [0.2, 0.25) is 5.91 Å². The number of piperazine rings is 1. The van der Waals surface area contributed by atoms with Crippen molar-refractivity contribution in [3.8, 4) is 28.1 Å². The normalized spacial score (nSPS) is 18.6. The summed E-state index contributed by atoms with van der Waals surface area (Å²) in [6, 6.07) is 9.45. The topological polar surface area (TPSA) is 174 Å². The molecule has 2 aliphatic heterocycles. The molecule has 2 fully saturated rings. The molecule has 60 heavy (non-hydrogen) atoms. The van der Waals surface area contributed by atoms with Crippen LogP contribution in [0.25, 0.3) is 22.4 Å². The van der Waals surface area contributed by atoms with Gasteiger partial charge in [0.1, 0.15) is 29.3 Å². The van der Waals surface area contributed by atoms with Crippen molar-refractivity contribution in [3.05, 3.63) is 78.1 Å². The number of aromatic nitrogens is 3. The van der Waals surface area contributed by atoms with E-state index in [-0.39, 0.29) is 46.5 Å². The number of anilines is 2. The summed E-state index contributed by atoms with van der Waals surface area (Å²) in [5, 5.41) is 7.56. The number of alkyl carbamates (subject to hydrolysis) is 1. The molecule has 6 rings (SSSR count). The fraction of sp³-hybridized carbons (Fsp3) is 0.415. The number of alkyl halides is 3. The first-order chi connectivity index (χ1) is 28.5. The molecule has 0 bridgehead atoms. The van der Waals surface area contributed by atoms with Gasteiger partial charge in [-0.15, -0.1) is 13.2 Å². The Morgan fingerprint density at radius 3 is 2.28 bits per heavy atom. The maximum atomic E-state index is 15.6. The van der Waals surface area contributed by atoms with Crippen LogP contribution in [0.1, 0.15) is 56.3 Å². The summed E-state index contributed by atoms with van der Waals surface area (Å²) in [6.45, 7) is 9.46. The second kappa shape index (κ2) is 17.8. The third-order valence-electron chi connectivity index (χ3n) is 10.6. The molecule has 0 aliphatic carbocycles. The maximum Gasteiger partial charge on any atom is 0.573 e. The number of benzene rings is 2. The molecule has 320 valence electrons. The van der Waals surface area contributed by atoms with E-state index in [0.29, 0.717) is 55.5 Å². The van der Waals surface area contributed by atoms with E-state index in [2.05, 4.69) is 35.6 Å². The number of carbonyl (C=O) groups is 4. The Labute approximate surface area is 343 Å². The van der Waals surface area contributed by atoms with Crippen LogP contribution < -0.4 is 25.6 Å². The zero-order valence-electron chi connectivity index (χ0n) is 33.9. The fourth-order valence-electron chi connectivity index (χ4n) is 7.52. The summed E-state index contributed by atoms with van der Waals surface area (Å²) in [5.41, 5.74) is 0.642. The van der Waals surface area contributed by atoms with Gasteiger partial charge >= 0.3 is 18.5 Å². The van der Waals surface area contributed by atoms with Gasteiger partial charge in [0.25, 0.3) is 5.91 Å². The second-order valence-electron chi connectivity index (χ2n) is 15.2. The quantitative estimate of drug-likeness (QED) is 0.129. The Morgan fingerprint density at radius 2 is 1.67 bits per heavy atom. The highest BCUT2D eigenvalue weighted by Gasteiger charge is 2.40. The molecule has 0 radical (unpaired) electrons. The minimum Gasteiger partial charge on any atom is -0.453 e. The highest BCUT2D eigenvalue weighted by atomic mass is 19.4. The highest BCUT2D eigenvalue weighted by Crippen LogP contribution is 2.39. The van der Waals surface area contributed by atoms with Crippen molar-refractivity contribution >= 4 is 35.4 Å². The lowest BCUT2D eigenvalue weighted by atomic mass is 10.0. The number of methoxy groups -OCH3 is 1. The molecular weight excluding hydrogens is 790 g/mol. The summed E-state index contributed by atoms with van der Waals surface area (Å²) >= 11 is 0. The van der Waals surface area contributed by atoms with Crippen LogP contribution in [0.3, 0.4) is 0 Å². The van der Waals surface area contributed by atoms with Crippen molar-refractivity contribution < 1.29 is 46.2 Å². The minimum absolute atomic E-state index is 0.0341. The Balaban J connectivity index is 1.18. The van der Waals surface area contributed by atoms with Crippen molar-refractivity contribution in [2.75, 3.05) is 50.6 Å². The number of rotatable bonds is 10. The average Bonchev–Trinajstić information content (AvgIpc) is 3.87. The van der Waals surface area contributed by atoms with Crippen LogP contribution >= 0.6 is 0 Å².